The molecule has 38 heavy (non-hydrogen) atoms. The number of para-hydroxylation sites is 1. The largest absolute Gasteiger partial charge is 0.338 e. The number of fused-ring (bicyclic) bond motifs is 4. The topological polar surface area (TPSA) is 23.6 Å². The molecule has 2 amide bonds. The molecule has 0 saturated carbocycles. The third kappa shape index (κ3) is 2.34. The normalized spacial score (nSPS) is 14.3. The Balaban J connectivity index is 1.46. The summed E-state index contributed by atoms with van der Waals surface area (Å²) in [6, 6.07) is 38.8. The van der Waals surface area contributed by atoms with E-state index in [0.717, 1.165) is 55.3 Å². The standard InChI is InChI=1S/C34H21BN2O/c1-20-12-16-23(17-13-20)35-26-9-2-3-10-28(26)36-33-27(35)19-15-22-14-18-25-24-8-4-6-21-7-5-11-29(30(21)24)37(34(36)38)32(25)31(22)33/h2-19H,1H3. The molecule has 0 radical (unpaired) electrons. The van der Waals surface area contributed by atoms with Crippen molar-refractivity contribution in [2.75, 3.05) is 9.80 Å². The van der Waals surface area contributed by atoms with Gasteiger partial charge in [0.05, 0.1) is 17.1 Å². The molecule has 0 unspecified atom stereocenters. The molecule has 6 aromatic rings. The van der Waals surface area contributed by atoms with Gasteiger partial charge < -0.3 is 0 Å². The Morgan fingerprint density at radius 3 is 2.13 bits per heavy atom. The number of hydrogen-bond acceptors (Lipinski definition) is 1. The third-order valence-corrected chi connectivity index (χ3v) is 8.62. The van der Waals surface area contributed by atoms with Gasteiger partial charge in [-0.3, -0.25) is 9.80 Å². The third-order valence-electron chi connectivity index (χ3n) is 8.62. The van der Waals surface area contributed by atoms with E-state index in [1.807, 2.05) is 15.9 Å². The van der Waals surface area contributed by atoms with Crippen molar-refractivity contribution >= 4 is 73.4 Å². The molecular formula is C34H21BN2O. The number of aryl methyl sites for hydroxylation is 1. The minimum absolute atomic E-state index is 0.0180. The molecule has 0 N–H and O–H groups in total. The molecule has 0 spiro atoms. The van der Waals surface area contributed by atoms with Crippen LogP contribution < -0.4 is 26.2 Å². The number of benzene rings is 6. The minimum atomic E-state index is -0.0180. The number of nitrogens with zero attached hydrogens (tertiary/aromatic N) is 2. The predicted octanol–water partition coefficient (Wildman–Crippen LogP) is 6.52. The Hall–Kier alpha value is -4.83. The van der Waals surface area contributed by atoms with Gasteiger partial charge in [-0.1, -0.05) is 108 Å². The van der Waals surface area contributed by atoms with Crippen LogP contribution in [0.4, 0.5) is 27.5 Å². The van der Waals surface area contributed by atoms with Gasteiger partial charge in [0.1, 0.15) is 0 Å². The predicted molar refractivity (Wildman–Crippen MR) is 159 cm³/mol. The van der Waals surface area contributed by atoms with Crippen molar-refractivity contribution in [2.24, 2.45) is 0 Å². The van der Waals surface area contributed by atoms with Gasteiger partial charge in [0, 0.05) is 22.0 Å². The van der Waals surface area contributed by atoms with Crippen molar-refractivity contribution in [3.8, 4) is 11.1 Å². The zero-order valence-corrected chi connectivity index (χ0v) is 20.8. The average molecular weight is 484 g/mol. The maximum absolute atomic E-state index is 14.7. The fraction of sp³-hybridized carbons (Fsp3) is 0.0294. The number of carbonyl (C=O) groups is 1. The maximum atomic E-state index is 14.7. The van der Waals surface area contributed by atoms with E-state index in [9.17, 15) is 4.79 Å². The molecular weight excluding hydrogens is 463 g/mol. The number of carbonyl (C=O) groups excluding carboxylic acids is 1. The molecule has 0 fully saturated rings. The summed E-state index contributed by atoms with van der Waals surface area (Å²) >= 11 is 0. The lowest BCUT2D eigenvalue weighted by molar-refractivity contribution is 0.255. The quantitative estimate of drug-likeness (QED) is 0.244. The fourth-order valence-corrected chi connectivity index (χ4v) is 7.01. The first-order chi connectivity index (χ1) is 18.7. The summed E-state index contributed by atoms with van der Waals surface area (Å²) in [7, 11) is 0. The number of urea groups is 1. The second kappa shape index (κ2) is 6.93. The summed E-state index contributed by atoms with van der Waals surface area (Å²) < 4.78 is 0. The number of amides is 2. The lowest BCUT2D eigenvalue weighted by Crippen LogP contribution is -2.60. The van der Waals surface area contributed by atoms with Crippen LogP contribution in [0.2, 0.25) is 0 Å². The molecule has 6 aromatic carbocycles. The highest BCUT2D eigenvalue weighted by atomic mass is 16.2. The molecule has 0 aromatic heterocycles. The molecule has 9 rings (SSSR count). The lowest BCUT2D eigenvalue weighted by atomic mass is 9.35. The van der Waals surface area contributed by atoms with Crippen LogP contribution in [-0.4, -0.2) is 12.7 Å². The highest BCUT2D eigenvalue weighted by Gasteiger charge is 2.45. The van der Waals surface area contributed by atoms with Gasteiger partial charge in [-0.2, -0.15) is 0 Å². The van der Waals surface area contributed by atoms with Crippen LogP contribution in [0.15, 0.2) is 109 Å². The van der Waals surface area contributed by atoms with Crippen molar-refractivity contribution < 1.29 is 4.79 Å². The van der Waals surface area contributed by atoms with Crippen LogP contribution in [0.3, 0.4) is 0 Å². The summed E-state index contributed by atoms with van der Waals surface area (Å²) in [5.74, 6) is 0. The highest BCUT2D eigenvalue weighted by molar-refractivity contribution is 6.98. The fourth-order valence-electron chi connectivity index (χ4n) is 7.01. The molecule has 3 nitrogen and oxygen atoms in total. The van der Waals surface area contributed by atoms with Gasteiger partial charge in [-0.15, -0.1) is 0 Å². The second-order valence-electron chi connectivity index (χ2n) is 10.6. The Kier molecular flexibility index (Phi) is 3.69. The van der Waals surface area contributed by atoms with E-state index in [4.69, 9.17) is 0 Å². The zero-order valence-electron chi connectivity index (χ0n) is 20.8. The van der Waals surface area contributed by atoms with E-state index in [1.54, 1.807) is 0 Å². The molecule has 3 aliphatic rings. The minimum Gasteiger partial charge on any atom is -0.263 e. The monoisotopic (exact) mass is 484 g/mol. The highest BCUT2D eigenvalue weighted by Crippen LogP contribution is 2.55. The first kappa shape index (κ1) is 20.3. The van der Waals surface area contributed by atoms with Crippen molar-refractivity contribution in [3.63, 3.8) is 0 Å². The van der Waals surface area contributed by atoms with Gasteiger partial charge in [0.2, 0.25) is 6.71 Å². The number of hydrogen-bond donors (Lipinski definition) is 0. The van der Waals surface area contributed by atoms with Gasteiger partial charge >= 0.3 is 6.03 Å². The Morgan fingerprint density at radius 1 is 0.553 bits per heavy atom. The van der Waals surface area contributed by atoms with Crippen molar-refractivity contribution in [1.82, 2.24) is 0 Å². The van der Waals surface area contributed by atoms with Gasteiger partial charge in [-0.05, 0) is 46.3 Å². The van der Waals surface area contributed by atoms with Crippen LogP contribution in [0.5, 0.6) is 0 Å². The van der Waals surface area contributed by atoms with E-state index >= 15 is 0 Å². The molecule has 0 aliphatic carbocycles. The zero-order chi connectivity index (χ0) is 25.1. The summed E-state index contributed by atoms with van der Waals surface area (Å²) in [6.45, 7) is 2.18. The van der Waals surface area contributed by atoms with E-state index < -0.39 is 0 Å². The van der Waals surface area contributed by atoms with Crippen LogP contribution in [0, 0.1) is 6.92 Å². The smallest absolute Gasteiger partial charge is 0.263 e. The first-order valence-electron chi connectivity index (χ1n) is 13.1. The van der Waals surface area contributed by atoms with E-state index in [2.05, 4.69) is 110 Å². The van der Waals surface area contributed by atoms with Gasteiger partial charge in [-0.25, -0.2) is 4.79 Å². The van der Waals surface area contributed by atoms with E-state index in [1.165, 1.54) is 22.1 Å². The Morgan fingerprint density at radius 2 is 1.26 bits per heavy atom. The molecule has 176 valence electrons. The van der Waals surface area contributed by atoms with Crippen molar-refractivity contribution in [1.29, 1.82) is 0 Å². The maximum Gasteiger partial charge on any atom is 0.338 e. The molecule has 0 bridgehead atoms. The summed E-state index contributed by atoms with van der Waals surface area (Å²) in [5.41, 5.74) is 11.1. The molecule has 0 atom stereocenters. The Labute approximate surface area is 220 Å². The lowest BCUT2D eigenvalue weighted by Gasteiger charge is -2.45. The molecule has 3 aliphatic heterocycles. The molecule has 3 heterocycles. The van der Waals surface area contributed by atoms with Crippen LogP contribution >= 0.6 is 0 Å². The average Bonchev–Trinajstić information content (AvgIpc) is 2.96. The molecule has 0 saturated heterocycles. The second-order valence-corrected chi connectivity index (χ2v) is 10.6. The van der Waals surface area contributed by atoms with E-state index in [0.29, 0.717) is 0 Å². The van der Waals surface area contributed by atoms with Crippen LogP contribution in [0.1, 0.15) is 5.56 Å². The van der Waals surface area contributed by atoms with E-state index in [-0.39, 0.29) is 12.7 Å². The first-order valence-corrected chi connectivity index (χ1v) is 13.1. The summed E-state index contributed by atoms with van der Waals surface area (Å²) in [4.78, 5) is 18.7. The van der Waals surface area contributed by atoms with Crippen LogP contribution in [-0.2, 0) is 0 Å². The van der Waals surface area contributed by atoms with Gasteiger partial charge in [0.25, 0.3) is 0 Å². The number of rotatable bonds is 1. The SMILES string of the molecule is Cc1ccc(B2c3ccccc3N3C(=O)N4c5cccc6cccc(c56)-c5ccc6ccc2c3c6c54)cc1. The number of anilines is 4. The van der Waals surface area contributed by atoms with Crippen molar-refractivity contribution in [2.45, 2.75) is 6.92 Å². The van der Waals surface area contributed by atoms with Crippen molar-refractivity contribution in [3.05, 3.63) is 115 Å². The van der Waals surface area contributed by atoms with Gasteiger partial charge in [0.15, 0.2) is 0 Å². The summed E-state index contributed by atoms with van der Waals surface area (Å²) in [6.07, 6.45) is 0. The van der Waals surface area contributed by atoms with Crippen LogP contribution in [0.25, 0.3) is 32.7 Å². The Bertz CT molecular complexity index is 2020. The summed E-state index contributed by atoms with van der Waals surface area (Å²) in [5, 5.41) is 4.59. The molecule has 4 heteroatoms.